The second kappa shape index (κ2) is 10.8. The fourth-order valence-electron chi connectivity index (χ4n) is 3.46. The van der Waals surface area contributed by atoms with E-state index < -0.39 is 23.8 Å². The number of carbonyl (C=O) groups excluding carboxylic acids is 4. The van der Waals surface area contributed by atoms with E-state index in [-0.39, 0.29) is 18.5 Å². The predicted octanol–water partition coefficient (Wildman–Crippen LogP) is 3.02. The number of benzene rings is 2. The van der Waals surface area contributed by atoms with Crippen molar-refractivity contribution >= 4 is 47.0 Å². The molecule has 8 nitrogen and oxygen atoms in total. The van der Waals surface area contributed by atoms with Crippen molar-refractivity contribution in [2.24, 2.45) is 0 Å². The van der Waals surface area contributed by atoms with Crippen LogP contribution in [0.5, 0.6) is 0 Å². The number of aldehydes is 1. The third-order valence-electron chi connectivity index (χ3n) is 5.25. The molecule has 0 saturated heterocycles. The number of hydrogen-bond donors (Lipinski definition) is 3. The number of hydrogen-bond acceptors (Lipinski definition) is 6. The van der Waals surface area contributed by atoms with Gasteiger partial charge in [-0.05, 0) is 48.7 Å². The second-order valence-electron chi connectivity index (χ2n) is 7.59. The highest BCUT2D eigenvalue weighted by molar-refractivity contribution is 6.31. The van der Waals surface area contributed by atoms with Crippen LogP contribution in [0.4, 0.5) is 11.4 Å². The van der Waals surface area contributed by atoms with Gasteiger partial charge in [0.15, 0.2) is 0 Å². The van der Waals surface area contributed by atoms with Gasteiger partial charge in [-0.2, -0.15) is 0 Å². The molecule has 3 amide bonds. The molecule has 0 bridgehead atoms. The highest BCUT2D eigenvalue weighted by Crippen LogP contribution is 2.23. The Kier molecular flexibility index (Phi) is 7.84. The number of likely N-dealkylation sites (N-methyl/N-ethyl adjacent to an activating group) is 1. The topological polar surface area (TPSA) is 108 Å². The lowest BCUT2D eigenvalue weighted by Crippen LogP contribution is -2.49. The molecule has 0 fully saturated rings. The molecule has 2 aromatic rings. The van der Waals surface area contributed by atoms with Crippen molar-refractivity contribution in [1.29, 1.82) is 0 Å². The summed E-state index contributed by atoms with van der Waals surface area (Å²) in [5.41, 5.74) is 3.51. The summed E-state index contributed by atoms with van der Waals surface area (Å²) in [5.74, 6) is -1.72. The number of imide groups is 1. The lowest BCUT2D eigenvalue weighted by molar-refractivity contribution is -0.146. The lowest BCUT2D eigenvalue weighted by atomic mass is 10.1. The van der Waals surface area contributed by atoms with Crippen LogP contribution in [-0.4, -0.2) is 42.0 Å². The Bertz CT molecular complexity index is 1120. The fraction of sp³-hybridized carbons (Fsp3) is 0.250. The molecule has 1 unspecified atom stereocenters. The largest absolute Gasteiger partial charge is 0.381 e. The molecule has 3 N–H and O–H groups in total. The molecule has 172 valence electrons. The molecule has 1 aliphatic heterocycles. The first-order valence-electron chi connectivity index (χ1n) is 10.4. The van der Waals surface area contributed by atoms with Gasteiger partial charge in [-0.3, -0.25) is 19.3 Å². The van der Waals surface area contributed by atoms with Gasteiger partial charge < -0.3 is 20.7 Å². The highest BCUT2D eigenvalue weighted by Gasteiger charge is 2.39. The van der Waals surface area contributed by atoms with Gasteiger partial charge in [0.1, 0.15) is 18.0 Å². The van der Waals surface area contributed by atoms with Gasteiger partial charge in [0.25, 0.3) is 11.8 Å². The minimum Gasteiger partial charge on any atom is -0.381 e. The molecule has 0 saturated carbocycles. The van der Waals surface area contributed by atoms with Crippen molar-refractivity contribution in [1.82, 2.24) is 10.2 Å². The molecule has 33 heavy (non-hydrogen) atoms. The Balaban J connectivity index is 1.69. The zero-order valence-corrected chi connectivity index (χ0v) is 19.1. The van der Waals surface area contributed by atoms with E-state index in [1.807, 2.05) is 43.3 Å². The van der Waals surface area contributed by atoms with E-state index in [1.54, 1.807) is 6.07 Å². The SMILES string of the molecule is CNC(=O)C(CCC=O)N1C(=O)C=C(Nc2cccc(CNc3ccc(C)c(Cl)c3)c2)C1=O. The highest BCUT2D eigenvalue weighted by atomic mass is 35.5. The molecule has 0 aromatic heterocycles. The summed E-state index contributed by atoms with van der Waals surface area (Å²) < 4.78 is 0. The fourth-order valence-corrected chi connectivity index (χ4v) is 3.64. The maximum Gasteiger partial charge on any atom is 0.278 e. The quantitative estimate of drug-likeness (QED) is 0.365. The van der Waals surface area contributed by atoms with Crippen LogP contribution in [0.2, 0.25) is 5.02 Å². The number of anilines is 2. The number of carbonyl (C=O) groups is 4. The second-order valence-corrected chi connectivity index (χ2v) is 8.00. The summed E-state index contributed by atoms with van der Waals surface area (Å²) in [6.07, 6.45) is 1.93. The van der Waals surface area contributed by atoms with Crippen molar-refractivity contribution in [3.63, 3.8) is 0 Å². The number of nitrogens with one attached hydrogen (secondary N) is 3. The summed E-state index contributed by atoms with van der Waals surface area (Å²) in [5, 5.41) is 9.39. The molecule has 1 aliphatic rings. The summed E-state index contributed by atoms with van der Waals surface area (Å²) in [6, 6.07) is 12.1. The van der Waals surface area contributed by atoms with Gasteiger partial charge in [-0.25, -0.2) is 0 Å². The Morgan fingerprint density at radius 1 is 1.15 bits per heavy atom. The number of rotatable bonds is 10. The number of nitrogens with zero attached hydrogens (tertiary/aromatic N) is 1. The lowest BCUT2D eigenvalue weighted by Gasteiger charge is -2.24. The van der Waals surface area contributed by atoms with Gasteiger partial charge in [0.05, 0.1) is 0 Å². The van der Waals surface area contributed by atoms with Crippen molar-refractivity contribution in [3.05, 3.63) is 70.4 Å². The summed E-state index contributed by atoms with van der Waals surface area (Å²) in [7, 11) is 1.41. The smallest absolute Gasteiger partial charge is 0.278 e. The zero-order chi connectivity index (χ0) is 24.0. The van der Waals surface area contributed by atoms with E-state index in [2.05, 4.69) is 16.0 Å². The standard InChI is InChI=1S/C24H25ClN4O4/c1-15-8-9-17(12-19(15)25)27-14-16-5-3-6-18(11-16)28-20-13-22(31)29(24(20)33)21(7-4-10-30)23(32)26-2/h3,5-6,8-13,21,27-28H,4,7,14H2,1-2H3,(H,26,32). The minimum atomic E-state index is -1.05. The van der Waals surface area contributed by atoms with Gasteiger partial charge >= 0.3 is 0 Å². The summed E-state index contributed by atoms with van der Waals surface area (Å²) in [4.78, 5) is 49.2. The van der Waals surface area contributed by atoms with Crippen molar-refractivity contribution in [2.45, 2.75) is 32.4 Å². The van der Waals surface area contributed by atoms with Gasteiger partial charge in [0.2, 0.25) is 5.91 Å². The summed E-state index contributed by atoms with van der Waals surface area (Å²) >= 11 is 6.17. The van der Waals surface area contributed by atoms with Crippen molar-refractivity contribution < 1.29 is 19.2 Å². The molecule has 0 spiro atoms. The normalized spacial score (nSPS) is 14.0. The Hall–Kier alpha value is -3.65. The van der Waals surface area contributed by atoms with E-state index in [4.69, 9.17) is 11.6 Å². The van der Waals surface area contributed by atoms with E-state index in [1.165, 1.54) is 13.1 Å². The number of amides is 3. The maximum absolute atomic E-state index is 12.9. The van der Waals surface area contributed by atoms with Crippen molar-refractivity contribution in [3.8, 4) is 0 Å². The van der Waals surface area contributed by atoms with E-state index in [0.29, 0.717) is 23.5 Å². The number of aryl methyl sites for hydroxylation is 1. The summed E-state index contributed by atoms with van der Waals surface area (Å²) in [6.45, 7) is 2.46. The van der Waals surface area contributed by atoms with Crippen LogP contribution < -0.4 is 16.0 Å². The molecule has 3 rings (SSSR count). The van der Waals surface area contributed by atoms with E-state index >= 15 is 0 Å². The molecular weight excluding hydrogens is 444 g/mol. The van der Waals surface area contributed by atoms with Crippen LogP contribution in [0.1, 0.15) is 24.0 Å². The van der Waals surface area contributed by atoms with Crippen LogP contribution in [-0.2, 0) is 25.7 Å². The Labute approximate surface area is 197 Å². The molecule has 1 atom stereocenters. The first-order chi connectivity index (χ1) is 15.8. The molecule has 0 radical (unpaired) electrons. The zero-order valence-electron chi connectivity index (χ0n) is 18.4. The van der Waals surface area contributed by atoms with E-state index in [0.717, 1.165) is 21.7 Å². The minimum absolute atomic E-state index is 0.0547. The average Bonchev–Trinajstić information content (AvgIpc) is 3.08. The maximum atomic E-state index is 12.9. The Morgan fingerprint density at radius 3 is 2.64 bits per heavy atom. The van der Waals surface area contributed by atoms with E-state index in [9.17, 15) is 19.2 Å². The first kappa shape index (κ1) is 24.0. The van der Waals surface area contributed by atoms with Gasteiger partial charge in [-0.15, -0.1) is 0 Å². The van der Waals surface area contributed by atoms with Crippen LogP contribution >= 0.6 is 11.6 Å². The Morgan fingerprint density at radius 2 is 1.94 bits per heavy atom. The number of halogens is 1. The van der Waals surface area contributed by atoms with Crippen LogP contribution in [0.25, 0.3) is 0 Å². The van der Waals surface area contributed by atoms with Gasteiger partial charge in [-0.1, -0.05) is 29.8 Å². The third kappa shape index (κ3) is 5.78. The third-order valence-corrected chi connectivity index (χ3v) is 5.65. The van der Waals surface area contributed by atoms with Crippen LogP contribution in [0.3, 0.4) is 0 Å². The molecule has 1 heterocycles. The monoisotopic (exact) mass is 468 g/mol. The molecular formula is C24H25ClN4O4. The molecule has 2 aromatic carbocycles. The van der Waals surface area contributed by atoms with Crippen LogP contribution in [0, 0.1) is 6.92 Å². The average molecular weight is 469 g/mol. The van der Waals surface area contributed by atoms with Crippen LogP contribution in [0.15, 0.2) is 54.2 Å². The molecule has 0 aliphatic carbocycles. The van der Waals surface area contributed by atoms with Gasteiger partial charge in [0, 0.05) is 42.5 Å². The molecule has 9 heteroatoms. The van der Waals surface area contributed by atoms with Crippen molar-refractivity contribution in [2.75, 3.05) is 17.7 Å². The first-order valence-corrected chi connectivity index (χ1v) is 10.8. The predicted molar refractivity (Wildman–Crippen MR) is 127 cm³/mol.